The van der Waals surface area contributed by atoms with E-state index in [-0.39, 0.29) is 51.8 Å². The van der Waals surface area contributed by atoms with Crippen molar-refractivity contribution in [3.8, 4) is 0 Å². The largest absolute Gasteiger partial charge is 0.481 e. The summed E-state index contributed by atoms with van der Waals surface area (Å²) in [5.74, 6) is 0.0352. The van der Waals surface area contributed by atoms with Crippen LogP contribution < -0.4 is 5.32 Å². The number of carboxylic acid groups (broad SMARTS) is 1. The number of aliphatic carboxylic acids is 1. The van der Waals surface area contributed by atoms with E-state index in [9.17, 15) is 24.6 Å². The van der Waals surface area contributed by atoms with Crippen LogP contribution in [0.3, 0.4) is 0 Å². The average molecular weight is 738 g/mol. The molecule has 9 atom stereocenters. The first-order valence-corrected chi connectivity index (χ1v) is 20.4. The van der Waals surface area contributed by atoms with Crippen molar-refractivity contribution in [3.05, 3.63) is 46.0 Å². The van der Waals surface area contributed by atoms with Gasteiger partial charge in [0.2, 0.25) is 0 Å². The van der Waals surface area contributed by atoms with Crippen molar-refractivity contribution in [1.82, 2.24) is 5.32 Å². The summed E-state index contributed by atoms with van der Waals surface area (Å²) in [6.07, 6.45) is 7.17. The maximum atomic E-state index is 14.0. The highest BCUT2D eigenvalue weighted by Crippen LogP contribution is 2.77. The molecule has 0 aliphatic heterocycles. The molecule has 1 aromatic carbocycles. The highest BCUT2D eigenvalue weighted by Gasteiger charge is 2.70. The van der Waals surface area contributed by atoms with Crippen molar-refractivity contribution in [2.24, 2.45) is 56.2 Å². The number of Topliss-reactive ketones (excluding diaryl/α,β-unsaturated/α-hetero) is 1. The van der Waals surface area contributed by atoms with Crippen molar-refractivity contribution in [2.45, 2.75) is 145 Å². The molecule has 5 aliphatic rings. The predicted molar refractivity (Wildman–Crippen MR) is 205 cm³/mol. The molecule has 0 aromatic heterocycles. The van der Waals surface area contributed by atoms with Crippen LogP contribution in [0.1, 0.15) is 132 Å². The Bertz CT molecular complexity index is 1610. The lowest BCUT2D eigenvalue weighted by molar-refractivity contribution is -0.235. The highest BCUT2D eigenvalue weighted by atomic mass is 35.5. The van der Waals surface area contributed by atoms with Gasteiger partial charge in [-0.15, -0.1) is 0 Å². The third-order valence-electron chi connectivity index (χ3n) is 16.1. The number of allylic oxidation sites excluding steroid dienone is 1. The van der Waals surface area contributed by atoms with Gasteiger partial charge in [-0.1, -0.05) is 77.8 Å². The third-order valence-corrected chi connectivity index (χ3v) is 16.3. The van der Waals surface area contributed by atoms with Crippen LogP contribution in [0.2, 0.25) is 5.02 Å². The molecule has 0 bridgehead atoms. The van der Waals surface area contributed by atoms with Crippen molar-refractivity contribution in [1.29, 1.82) is 0 Å². The van der Waals surface area contributed by atoms with Gasteiger partial charge in [0.1, 0.15) is 6.10 Å². The number of nitrogens with one attached hydrogen (secondary N) is 1. The number of carbonyl (C=O) groups is 3. The monoisotopic (exact) mass is 737 g/mol. The average Bonchev–Trinajstić information content (AvgIpc) is 3.36. The molecule has 3 N–H and O–H groups in total. The fraction of sp³-hybridized carbons (Fsp3) is 0.750. The van der Waals surface area contributed by atoms with E-state index in [0.29, 0.717) is 36.4 Å². The van der Waals surface area contributed by atoms with Crippen LogP contribution in [-0.4, -0.2) is 46.7 Å². The summed E-state index contributed by atoms with van der Waals surface area (Å²) in [5, 5.41) is 26.0. The predicted octanol–water partition coefficient (Wildman–Crippen LogP) is 9.18. The van der Waals surface area contributed by atoms with E-state index in [1.54, 1.807) is 13.8 Å². The Balaban J connectivity index is 1.26. The molecule has 0 amide bonds. The van der Waals surface area contributed by atoms with E-state index in [1.807, 2.05) is 24.3 Å². The summed E-state index contributed by atoms with van der Waals surface area (Å²) in [6.45, 7) is 20.7. The van der Waals surface area contributed by atoms with E-state index < -0.39 is 28.9 Å². The van der Waals surface area contributed by atoms with Crippen molar-refractivity contribution < 1.29 is 29.3 Å². The number of fused-ring (bicyclic) bond motifs is 7. The SMILES string of the molecule is CC(C)C1=C2[C@H]3CC[C@@H]4[C@@]5(C)CC[C@H](OC(=O)CC(C)(C)C(=O)O)C(C)(C)[C@H]5CC[C@@]4(C)[C@]3(C)CCC2([C@@H](O)CNCc2ccc(Cl)cc2)CC1=O. The van der Waals surface area contributed by atoms with Crippen LogP contribution in [0.4, 0.5) is 0 Å². The number of halogens is 1. The second-order valence-corrected chi connectivity index (χ2v) is 20.3. The molecule has 1 aromatic rings. The zero-order valence-electron chi connectivity index (χ0n) is 33.2. The number of hydrogen-bond donors (Lipinski definition) is 3. The van der Waals surface area contributed by atoms with Crippen LogP contribution >= 0.6 is 11.6 Å². The standard InChI is InChI=1S/C44H64ClNO6/c1-26(2)36-30(47)22-44(33(48)25-46-24-27-10-12-28(45)13-11-27)21-20-42(8)29(37(36)44)14-15-32-41(7)18-17-34(52-35(49)23-39(3,4)38(50)51)40(5,6)31(41)16-19-43(32,42)9/h10-13,26,29,31-34,46,48H,14-25H2,1-9H3,(H,50,51)/t29-,31-,32-,33+,34+,41+,42-,43-,44?/m1/s1. The van der Waals surface area contributed by atoms with Crippen LogP contribution in [0.25, 0.3) is 0 Å². The summed E-state index contributed by atoms with van der Waals surface area (Å²) >= 11 is 6.10. The minimum Gasteiger partial charge on any atom is -0.481 e. The minimum atomic E-state index is -1.17. The van der Waals surface area contributed by atoms with Crippen LogP contribution in [0, 0.1) is 56.2 Å². The number of rotatable bonds is 10. The van der Waals surface area contributed by atoms with Gasteiger partial charge in [0.25, 0.3) is 0 Å². The fourth-order valence-corrected chi connectivity index (χ4v) is 13.2. The number of ether oxygens (including phenoxy) is 1. The van der Waals surface area contributed by atoms with Crippen molar-refractivity contribution in [3.63, 3.8) is 0 Å². The molecule has 4 saturated carbocycles. The van der Waals surface area contributed by atoms with Gasteiger partial charge in [0.05, 0.1) is 17.9 Å². The Morgan fingerprint density at radius 1 is 0.942 bits per heavy atom. The van der Waals surface area contributed by atoms with Gasteiger partial charge in [0.15, 0.2) is 5.78 Å². The topological polar surface area (TPSA) is 113 Å². The lowest BCUT2D eigenvalue weighted by atomic mass is 9.33. The number of carbonyl (C=O) groups excluding carboxylic acids is 2. The Hall–Kier alpha value is -2.22. The quantitative estimate of drug-likeness (QED) is 0.205. The summed E-state index contributed by atoms with van der Waals surface area (Å²) in [7, 11) is 0. The first-order valence-electron chi connectivity index (χ1n) is 20.0. The maximum absolute atomic E-state index is 14.0. The Morgan fingerprint density at radius 2 is 1.62 bits per heavy atom. The zero-order valence-corrected chi connectivity index (χ0v) is 33.9. The van der Waals surface area contributed by atoms with E-state index in [2.05, 4.69) is 53.8 Å². The molecular formula is C44H64ClNO6. The van der Waals surface area contributed by atoms with Crippen LogP contribution in [-0.2, 0) is 25.7 Å². The number of ketones is 1. The first kappa shape index (κ1) is 39.5. The third kappa shape index (κ3) is 6.11. The second-order valence-electron chi connectivity index (χ2n) is 19.8. The van der Waals surface area contributed by atoms with Gasteiger partial charge in [0, 0.05) is 35.4 Å². The molecule has 1 unspecified atom stereocenters. The molecule has 6 rings (SSSR count). The lowest BCUT2D eigenvalue weighted by Crippen LogP contribution is -2.66. The van der Waals surface area contributed by atoms with E-state index in [1.165, 1.54) is 5.57 Å². The van der Waals surface area contributed by atoms with Crippen LogP contribution in [0.15, 0.2) is 35.4 Å². The smallest absolute Gasteiger partial charge is 0.309 e. The lowest BCUT2D eigenvalue weighted by Gasteiger charge is -2.72. The van der Waals surface area contributed by atoms with E-state index >= 15 is 0 Å². The van der Waals surface area contributed by atoms with Crippen molar-refractivity contribution in [2.75, 3.05) is 6.54 Å². The summed E-state index contributed by atoms with van der Waals surface area (Å²) < 4.78 is 6.16. The normalized spacial score (nSPS) is 37.5. The molecule has 0 radical (unpaired) electrons. The van der Waals surface area contributed by atoms with Gasteiger partial charge in [-0.05, 0) is 128 Å². The number of aliphatic hydroxyl groups excluding tert-OH is 1. The number of hydrogen-bond acceptors (Lipinski definition) is 6. The summed E-state index contributed by atoms with van der Waals surface area (Å²) in [5.41, 5.74) is 1.55. The molecule has 0 saturated heterocycles. The van der Waals surface area contributed by atoms with E-state index in [4.69, 9.17) is 16.3 Å². The number of aliphatic hydroxyl groups is 1. The summed E-state index contributed by atoms with van der Waals surface area (Å²) in [6, 6.07) is 7.79. The Morgan fingerprint density at radius 3 is 2.25 bits per heavy atom. The summed E-state index contributed by atoms with van der Waals surface area (Å²) in [4.78, 5) is 38.8. The Labute approximate surface area is 317 Å². The molecule has 52 heavy (non-hydrogen) atoms. The molecule has 5 aliphatic carbocycles. The van der Waals surface area contributed by atoms with Crippen molar-refractivity contribution >= 4 is 29.3 Å². The number of esters is 1. The maximum Gasteiger partial charge on any atom is 0.309 e. The molecule has 8 heteroatoms. The molecule has 288 valence electrons. The van der Waals surface area contributed by atoms with E-state index in [0.717, 1.165) is 62.5 Å². The van der Waals surface area contributed by atoms with Gasteiger partial charge >= 0.3 is 11.9 Å². The van der Waals surface area contributed by atoms with Gasteiger partial charge in [-0.2, -0.15) is 0 Å². The van der Waals surface area contributed by atoms with Gasteiger partial charge in [-0.3, -0.25) is 14.4 Å². The first-order chi connectivity index (χ1) is 24.1. The molecule has 0 spiro atoms. The molecule has 0 heterocycles. The highest BCUT2D eigenvalue weighted by molar-refractivity contribution is 6.30. The second kappa shape index (κ2) is 13.5. The molecule has 4 fully saturated rings. The van der Waals surface area contributed by atoms with Gasteiger partial charge < -0.3 is 20.3 Å². The minimum absolute atomic E-state index is 0.0141. The zero-order chi connectivity index (χ0) is 38.2. The number of benzene rings is 1. The Kier molecular flexibility index (Phi) is 10.3. The van der Waals surface area contributed by atoms with Crippen LogP contribution in [0.5, 0.6) is 0 Å². The van der Waals surface area contributed by atoms with Gasteiger partial charge in [-0.25, -0.2) is 0 Å². The molecule has 7 nitrogen and oxygen atoms in total. The molecular weight excluding hydrogens is 674 g/mol. The number of carboxylic acids is 1. The fourth-order valence-electron chi connectivity index (χ4n) is 13.1.